The molecule has 0 saturated carbocycles. The van der Waals surface area contributed by atoms with Crippen molar-refractivity contribution in [2.75, 3.05) is 13.1 Å². The fraction of sp³-hybridized carbons (Fsp3) is 0.438. The van der Waals surface area contributed by atoms with Crippen LogP contribution in [0.1, 0.15) is 30.3 Å². The third-order valence-corrected chi connectivity index (χ3v) is 4.39. The first-order valence-electron chi connectivity index (χ1n) is 7.79. The maximum Gasteiger partial charge on any atom is 0.276 e. The molecule has 6 nitrogen and oxygen atoms in total. The number of likely N-dealkylation sites (tertiary alicyclic amines) is 1. The van der Waals surface area contributed by atoms with Gasteiger partial charge in [0.25, 0.3) is 5.91 Å². The first-order valence-corrected chi connectivity index (χ1v) is 7.79. The van der Waals surface area contributed by atoms with Gasteiger partial charge in [0.1, 0.15) is 5.82 Å². The highest BCUT2D eigenvalue weighted by molar-refractivity contribution is 5.92. The first-order chi connectivity index (χ1) is 11.1. The van der Waals surface area contributed by atoms with Crippen molar-refractivity contribution in [2.45, 2.75) is 25.8 Å². The molecule has 1 fully saturated rings. The van der Waals surface area contributed by atoms with Crippen LogP contribution in [0, 0.1) is 11.7 Å². The summed E-state index contributed by atoms with van der Waals surface area (Å²) in [6, 6.07) is 5.82. The minimum absolute atomic E-state index is 0. The summed E-state index contributed by atoms with van der Waals surface area (Å²) >= 11 is 0. The number of hydrogen-bond donors (Lipinski definition) is 1. The van der Waals surface area contributed by atoms with Gasteiger partial charge in [-0.1, -0.05) is 6.92 Å². The van der Waals surface area contributed by atoms with E-state index in [2.05, 4.69) is 17.1 Å². The molecule has 0 aliphatic carbocycles. The van der Waals surface area contributed by atoms with E-state index >= 15 is 0 Å². The highest BCUT2D eigenvalue weighted by Gasteiger charge is 2.32. The lowest BCUT2D eigenvalue weighted by atomic mass is 9.90. The Morgan fingerprint density at radius 3 is 2.75 bits per heavy atom. The molecule has 2 aromatic rings. The zero-order chi connectivity index (χ0) is 16.4. The number of benzene rings is 1. The van der Waals surface area contributed by atoms with E-state index < -0.39 is 0 Å². The summed E-state index contributed by atoms with van der Waals surface area (Å²) in [7, 11) is 0. The van der Waals surface area contributed by atoms with E-state index in [0.29, 0.717) is 24.7 Å². The van der Waals surface area contributed by atoms with Crippen LogP contribution < -0.4 is 5.73 Å². The van der Waals surface area contributed by atoms with Crippen LogP contribution in [0.25, 0.3) is 5.69 Å². The summed E-state index contributed by atoms with van der Waals surface area (Å²) in [4.78, 5) is 15.8. The molecule has 2 atom stereocenters. The van der Waals surface area contributed by atoms with Crippen molar-refractivity contribution in [1.82, 2.24) is 19.9 Å². The largest absolute Gasteiger partial charge is 0.333 e. The number of amides is 1. The Hall–Kier alpha value is -1.99. The second-order valence-corrected chi connectivity index (χ2v) is 5.92. The van der Waals surface area contributed by atoms with Crippen LogP contribution in [0.2, 0.25) is 0 Å². The number of carbonyl (C=O) groups excluding carboxylic acids is 1. The van der Waals surface area contributed by atoms with Crippen molar-refractivity contribution < 1.29 is 9.18 Å². The van der Waals surface area contributed by atoms with Crippen LogP contribution in [-0.2, 0) is 0 Å². The number of halogens is 2. The maximum absolute atomic E-state index is 13.0. The molecule has 1 amide bonds. The van der Waals surface area contributed by atoms with Crippen LogP contribution in [0.15, 0.2) is 30.5 Å². The van der Waals surface area contributed by atoms with Crippen molar-refractivity contribution in [3.05, 3.63) is 42.0 Å². The normalized spacial score (nSPS) is 20.5. The van der Waals surface area contributed by atoms with Gasteiger partial charge in [-0.2, -0.15) is 9.90 Å². The maximum atomic E-state index is 13.0. The second kappa shape index (κ2) is 7.72. The third-order valence-electron chi connectivity index (χ3n) is 4.39. The Balaban J connectivity index is 0.00000208. The molecule has 130 valence electrons. The Labute approximate surface area is 146 Å². The zero-order valence-electron chi connectivity index (χ0n) is 13.4. The summed E-state index contributed by atoms with van der Waals surface area (Å²) < 4.78 is 13.0. The van der Waals surface area contributed by atoms with E-state index in [1.165, 1.54) is 23.1 Å². The summed E-state index contributed by atoms with van der Waals surface area (Å²) in [6.45, 7) is 3.25. The molecule has 0 bridgehead atoms. The van der Waals surface area contributed by atoms with E-state index in [1.54, 1.807) is 17.0 Å². The SMILES string of the molecule is CC1CCCN(C(=O)c2cnn(-c3ccc(F)cc3)n2)C1CN.Cl. The lowest BCUT2D eigenvalue weighted by Gasteiger charge is -2.39. The average molecular weight is 354 g/mol. The average Bonchev–Trinajstić information content (AvgIpc) is 3.04. The molecule has 0 spiro atoms. The molecule has 0 radical (unpaired) electrons. The smallest absolute Gasteiger partial charge is 0.276 e. The van der Waals surface area contributed by atoms with Gasteiger partial charge in [-0.25, -0.2) is 4.39 Å². The molecule has 1 aliphatic rings. The van der Waals surface area contributed by atoms with Gasteiger partial charge in [-0.05, 0) is 43.0 Å². The van der Waals surface area contributed by atoms with Gasteiger partial charge in [0.05, 0.1) is 11.9 Å². The predicted octanol–water partition coefficient (Wildman–Crippen LogP) is 2.03. The summed E-state index contributed by atoms with van der Waals surface area (Å²) in [5, 5.41) is 8.34. The van der Waals surface area contributed by atoms with Gasteiger partial charge < -0.3 is 10.6 Å². The Kier molecular flexibility index (Phi) is 5.90. The molecule has 1 aromatic carbocycles. The molecule has 1 aliphatic heterocycles. The molecule has 8 heteroatoms. The molecular formula is C16H21ClFN5O. The van der Waals surface area contributed by atoms with Gasteiger partial charge in [-0.15, -0.1) is 17.5 Å². The molecule has 1 saturated heterocycles. The minimum Gasteiger partial charge on any atom is -0.333 e. The van der Waals surface area contributed by atoms with Crippen LogP contribution in [-0.4, -0.2) is 44.9 Å². The number of carbonyl (C=O) groups is 1. The van der Waals surface area contributed by atoms with E-state index in [4.69, 9.17) is 5.73 Å². The first kappa shape index (κ1) is 18.4. The Morgan fingerprint density at radius 1 is 1.38 bits per heavy atom. The lowest BCUT2D eigenvalue weighted by Crippen LogP contribution is -2.51. The van der Waals surface area contributed by atoms with Crippen molar-refractivity contribution in [2.24, 2.45) is 11.7 Å². The zero-order valence-corrected chi connectivity index (χ0v) is 14.2. The fourth-order valence-corrected chi connectivity index (χ4v) is 3.07. The Morgan fingerprint density at radius 2 is 2.08 bits per heavy atom. The highest BCUT2D eigenvalue weighted by atomic mass is 35.5. The van der Waals surface area contributed by atoms with Gasteiger partial charge in [0, 0.05) is 19.1 Å². The molecule has 1 aromatic heterocycles. The highest BCUT2D eigenvalue weighted by Crippen LogP contribution is 2.24. The number of rotatable bonds is 3. The summed E-state index contributed by atoms with van der Waals surface area (Å²) in [6.07, 6.45) is 3.49. The second-order valence-electron chi connectivity index (χ2n) is 5.92. The minimum atomic E-state index is -0.328. The van der Waals surface area contributed by atoms with Gasteiger partial charge >= 0.3 is 0 Å². The van der Waals surface area contributed by atoms with E-state index in [1.807, 2.05) is 0 Å². The molecule has 2 unspecified atom stereocenters. The topological polar surface area (TPSA) is 77.0 Å². The molecule has 2 heterocycles. The fourth-order valence-electron chi connectivity index (χ4n) is 3.07. The molecule has 2 N–H and O–H groups in total. The molecule has 24 heavy (non-hydrogen) atoms. The van der Waals surface area contributed by atoms with Gasteiger partial charge in [0.2, 0.25) is 0 Å². The predicted molar refractivity (Wildman–Crippen MR) is 90.8 cm³/mol. The van der Waals surface area contributed by atoms with Gasteiger partial charge in [0.15, 0.2) is 5.69 Å². The van der Waals surface area contributed by atoms with E-state index in [0.717, 1.165) is 12.8 Å². The van der Waals surface area contributed by atoms with Crippen LogP contribution in [0.3, 0.4) is 0 Å². The van der Waals surface area contributed by atoms with E-state index in [-0.39, 0.29) is 35.9 Å². The van der Waals surface area contributed by atoms with Crippen molar-refractivity contribution in [3.63, 3.8) is 0 Å². The number of nitrogens with zero attached hydrogens (tertiary/aromatic N) is 4. The number of aromatic nitrogens is 3. The standard InChI is InChI=1S/C16H20FN5O.ClH/c1-11-3-2-8-21(15(11)9-18)16(23)14-10-19-22(20-14)13-6-4-12(17)5-7-13;/h4-7,10-11,15H,2-3,8-9,18H2,1H3;1H. The van der Waals surface area contributed by atoms with Gasteiger partial charge in [-0.3, -0.25) is 4.79 Å². The number of hydrogen-bond acceptors (Lipinski definition) is 4. The Bertz CT molecular complexity index is 690. The van der Waals surface area contributed by atoms with Crippen LogP contribution in [0.4, 0.5) is 4.39 Å². The monoisotopic (exact) mass is 353 g/mol. The van der Waals surface area contributed by atoms with Crippen LogP contribution >= 0.6 is 12.4 Å². The van der Waals surface area contributed by atoms with Crippen molar-refractivity contribution in [1.29, 1.82) is 0 Å². The summed E-state index contributed by atoms with van der Waals surface area (Å²) in [5.74, 6) is -0.101. The number of nitrogens with two attached hydrogens (primary N) is 1. The third kappa shape index (κ3) is 3.57. The molecule has 3 rings (SSSR count). The lowest BCUT2D eigenvalue weighted by molar-refractivity contribution is 0.0526. The van der Waals surface area contributed by atoms with E-state index in [9.17, 15) is 9.18 Å². The van der Waals surface area contributed by atoms with Crippen LogP contribution in [0.5, 0.6) is 0 Å². The molecular weight excluding hydrogens is 333 g/mol. The quantitative estimate of drug-likeness (QED) is 0.915. The summed E-state index contributed by atoms with van der Waals surface area (Å²) in [5.41, 5.74) is 6.72. The van der Waals surface area contributed by atoms with Crippen molar-refractivity contribution >= 4 is 18.3 Å². The van der Waals surface area contributed by atoms with Crippen molar-refractivity contribution in [3.8, 4) is 5.69 Å². The number of piperidine rings is 1.